The highest BCUT2D eigenvalue weighted by Gasteiger charge is 2.16. The molecule has 2 heteroatoms. The van der Waals surface area contributed by atoms with E-state index >= 15 is 0 Å². The van der Waals surface area contributed by atoms with E-state index in [4.69, 9.17) is 4.74 Å². The Kier molecular flexibility index (Phi) is 5.67. The van der Waals surface area contributed by atoms with Crippen molar-refractivity contribution < 1.29 is 4.74 Å². The van der Waals surface area contributed by atoms with E-state index in [1.165, 1.54) is 22.3 Å². The van der Waals surface area contributed by atoms with Gasteiger partial charge >= 0.3 is 0 Å². The first-order valence-corrected chi connectivity index (χ1v) is 9.05. The van der Waals surface area contributed by atoms with E-state index in [-0.39, 0.29) is 0 Å². The summed E-state index contributed by atoms with van der Waals surface area (Å²) < 4.78 is 6.20. The van der Waals surface area contributed by atoms with Crippen LogP contribution in [0, 0.1) is 0 Å². The van der Waals surface area contributed by atoms with Gasteiger partial charge < -0.3 is 4.74 Å². The molecule has 0 aliphatic heterocycles. The van der Waals surface area contributed by atoms with Crippen LogP contribution in [-0.2, 0) is 0 Å². The van der Waals surface area contributed by atoms with Gasteiger partial charge in [-0.2, -0.15) is 0 Å². The molecule has 1 atom stereocenters. The molecule has 1 nitrogen and oxygen atoms in total. The van der Waals surface area contributed by atoms with Crippen molar-refractivity contribution in [2.24, 2.45) is 0 Å². The van der Waals surface area contributed by atoms with Crippen LogP contribution >= 0.6 is 9.24 Å². The van der Waals surface area contributed by atoms with Crippen molar-refractivity contribution in [1.29, 1.82) is 0 Å². The smallest absolute Gasteiger partial charge is 0.134 e. The van der Waals surface area contributed by atoms with E-state index < -0.39 is 0 Å². The van der Waals surface area contributed by atoms with E-state index in [9.17, 15) is 0 Å². The van der Waals surface area contributed by atoms with Gasteiger partial charge in [-0.1, -0.05) is 86.1 Å². The quantitative estimate of drug-likeness (QED) is 0.415. The summed E-state index contributed by atoms with van der Waals surface area (Å²) >= 11 is 0. The SMILES string of the molecule is CCCCOc1c(P)ccc(-c2ccccc2)c1-c1ccccc1. The molecule has 24 heavy (non-hydrogen) atoms. The van der Waals surface area contributed by atoms with Crippen LogP contribution in [0.1, 0.15) is 19.8 Å². The fraction of sp³-hybridized carbons (Fsp3) is 0.182. The molecule has 0 fully saturated rings. The van der Waals surface area contributed by atoms with Crippen molar-refractivity contribution >= 4 is 14.5 Å². The Morgan fingerprint density at radius 2 is 1.42 bits per heavy atom. The van der Waals surface area contributed by atoms with Crippen molar-refractivity contribution in [2.45, 2.75) is 19.8 Å². The van der Waals surface area contributed by atoms with Crippen molar-refractivity contribution in [3.8, 4) is 28.0 Å². The van der Waals surface area contributed by atoms with Crippen LogP contribution in [0.5, 0.6) is 5.75 Å². The maximum absolute atomic E-state index is 6.20. The lowest BCUT2D eigenvalue weighted by atomic mass is 9.93. The number of benzene rings is 3. The summed E-state index contributed by atoms with van der Waals surface area (Å²) in [4.78, 5) is 0. The Bertz CT molecular complexity index is 782. The fourth-order valence-corrected chi connectivity index (χ4v) is 3.15. The highest BCUT2D eigenvalue weighted by molar-refractivity contribution is 7.27. The van der Waals surface area contributed by atoms with Gasteiger partial charge in [0.1, 0.15) is 5.75 Å². The van der Waals surface area contributed by atoms with Crippen LogP contribution in [0.2, 0.25) is 0 Å². The van der Waals surface area contributed by atoms with Crippen LogP contribution in [0.25, 0.3) is 22.3 Å². The first kappa shape index (κ1) is 16.7. The fourth-order valence-electron chi connectivity index (χ4n) is 2.82. The molecule has 0 aromatic heterocycles. The second-order valence-electron chi connectivity index (χ2n) is 5.84. The van der Waals surface area contributed by atoms with Gasteiger partial charge in [0.05, 0.1) is 6.61 Å². The zero-order chi connectivity index (χ0) is 16.8. The molecule has 122 valence electrons. The third-order valence-corrected chi connectivity index (χ3v) is 4.53. The highest BCUT2D eigenvalue weighted by Crippen LogP contribution is 2.39. The standard InChI is InChI=1S/C22H23OP/c1-2-3-16-23-22-20(24)15-14-19(17-10-6-4-7-11-17)21(22)18-12-8-5-9-13-18/h4-15H,2-3,16,24H2,1H3. The summed E-state index contributed by atoms with van der Waals surface area (Å²) in [5.41, 5.74) is 4.78. The lowest BCUT2D eigenvalue weighted by Crippen LogP contribution is -2.07. The number of hydrogen-bond donors (Lipinski definition) is 0. The molecule has 0 spiro atoms. The molecule has 0 saturated carbocycles. The van der Waals surface area contributed by atoms with Crippen molar-refractivity contribution in [3.63, 3.8) is 0 Å². The Morgan fingerprint density at radius 1 is 0.792 bits per heavy atom. The second-order valence-corrected chi connectivity index (χ2v) is 6.46. The minimum atomic E-state index is 0.746. The van der Waals surface area contributed by atoms with Gasteiger partial charge in [0, 0.05) is 10.9 Å². The molecule has 3 aromatic carbocycles. The van der Waals surface area contributed by atoms with Gasteiger partial charge in [0.25, 0.3) is 0 Å². The van der Waals surface area contributed by atoms with Crippen molar-refractivity contribution in [2.75, 3.05) is 6.61 Å². The molecular weight excluding hydrogens is 311 g/mol. The summed E-state index contributed by atoms with van der Waals surface area (Å²) in [6.07, 6.45) is 2.19. The summed E-state index contributed by atoms with van der Waals surface area (Å²) in [5, 5.41) is 1.10. The lowest BCUT2D eigenvalue weighted by Gasteiger charge is -2.18. The van der Waals surface area contributed by atoms with E-state index in [1.54, 1.807) is 0 Å². The van der Waals surface area contributed by atoms with E-state index in [1.807, 2.05) is 12.1 Å². The Hall–Kier alpha value is -2.11. The third-order valence-electron chi connectivity index (χ3n) is 4.08. The van der Waals surface area contributed by atoms with Crippen LogP contribution in [0.4, 0.5) is 0 Å². The monoisotopic (exact) mass is 334 g/mol. The number of rotatable bonds is 6. The summed E-state index contributed by atoms with van der Waals surface area (Å²) in [7, 11) is 2.82. The zero-order valence-corrected chi connectivity index (χ0v) is 15.2. The molecule has 0 radical (unpaired) electrons. The van der Waals surface area contributed by atoms with Crippen LogP contribution < -0.4 is 10.0 Å². The molecule has 1 unspecified atom stereocenters. The minimum Gasteiger partial charge on any atom is -0.492 e. The number of ether oxygens (including phenoxy) is 1. The molecule has 0 N–H and O–H groups in total. The summed E-state index contributed by atoms with van der Waals surface area (Å²) in [6, 6.07) is 25.3. The Morgan fingerprint density at radius 3 is 2.04 bits per heavy atom. The van der Waals surface area contributed by atoms with E-state index in [2.05, 4.69) is 76.8 Å². The topological polar surface area (TPSA) is 9.23 Å². The van der Waals surface area contributed by atoms with Gasteiger partial charge in [-0.15, -0.1) is 9.24 Å². The molecular formula is C22H23OP. The molecule has 3 aromatic rings. The molecule has 3 rings (SSSR count). The Balaban J connectivity index is 2.17. The minimum absolute atomic E-state index is 0.746. The van der Waals surface area contributed by atoms with Crippen LogP contribution in [-0.4, -0.2) is 6.61 Å². The zero-order valence-electron chi connectivity index (χ0n) is 14.0. The van der Waals surface area contributed by atoms with Crippen molar-refractivity contribution in [3.05, 3.63) is 72.8 Å². The van der Waals surface area contributed by atoms with Gasteiger partial charge in [0.2, 0.25) is 0 Å². The van der Waals surface area contributed by atoms with Gasteiger partial charge in [-0.3, -0.25) is 0 Å². The highest BCUT2D eigenvalue weighted by atomic mass is 31.0. The average molecular weight is 334 g/mol. The maximum atomic E-state index is 6.20. The number of unbranched alkanes of at least 4 members (excludes halogenated alkanes) is 1. The average Bonchev–Trinajstić information content (AvgIpc) is 2.64. The first-order chi connectivity index (χ1) is 11.8. The lowest BCUT2D eigenvalue weighted by molar-refractivity contribution is 0.313. The van der Waals surface area contributed by atoms with Gasteiger partial charge in [-0.05, 0) is 23.1 Å². The van der Waals surface area contributed by atoms with Gasteiger partial charge in [-0.25, -0.2) is 0 Å². The maximum Gasteiger partial charge on any atom is 0.134 e. The summed E-state index contributed by atoms with van der Waals surface area (Å²) in [6.45, 7) is 2.93. The molecule has 0 heterocycles. The molecule has 0 bridgehead atoms. The summed E-state index contributed by atoms with van der Waals surface area (Å²) in [5.74, 6) is 0.973. The number of hydrogen-bond acceptors (Lipinski definition) is 1. The normalized spacial score (nSPS) is 10.6. The van der Waals surface area contributed by atoms with Crippen molar-refractivity contribution in [1.82, 2.24) is 0 Å². The predicted molar refractivity (Wildman–Crippen MR) is 107 cm³/mol. The third kappa shape index (κ3) is 3.68. The van der Waals surface area contributed by atoms with E-state index in [0.29, 0.717) is 0 Å². The van der Waals surface area contributed by atoms with Gasteiger partial charge in [0.15, 0.2) is 0 Å². The Labute approximate surface area is 146 Å². The molecule has 0 amide bonds. The molecule has 0 aliphatic carbocycles. The molecule has 0 saturated heterocycles. The molecule has 0 aliphatic rings. The first-order valence-electron chi connectivity index (χ1n) is 8.47. The predicted octanol–water partition coefficient (Wildman–Crippen LogP) is 5.70. The van der Waals surface area contributed by atoms with E-state index in [0.717, 1.165) is 30.5 Å². The second kappa shape index (κ2) is 8.13. The van der Waals surface area contributed by atoms with Crippen LogP contribution in [0.15, 0.2) is 72.8 Å². The van der Waals surface area contributed by atoms with Crippen LogP contribution in [0.3, 0.4) is 0 Å². The largest absolute Gasteiger partial charge is 0.492 e.